The van der Waals surface area contributed by atoms with Crippen molar-refractivity contribution < 1.29 is 4.79 Å². The highest BCUT2D eigenvalue weighted by Crippen LogP contribution is 2.34. The van der Waals surface area contributed by atoms with Gasteiger partial charge >= 0.3 is 5.91 Å². The van der Waals surface area contributed by atoms with E-state index in [4.69, 9.17) is 28.8 Å². The molecule has 0 aromatic carbocycles. The van der Waals surface area contributed by atoms with Crippen LogP contribution in [0.2, 0.25) is 5.15 Å². The van der Waals surface area contributed by atoms with Crippen LogP contribution in [-0.2, 0) is 0 Å². The molecule has 0 saturated heterocycles. The normalized spacial score (nSPS) is 16.2. The second kappa shape index (κ2) is 6.71. The van der Waals surface area contributed by atoms with Crippen molar-refractivity contribution in [3.63, 3.8) is 0 Å². The average molecular weight is 311 g/mol. The van der Waals surface area contributed by atoms with Crippen molar-refractivity contribution >= 4 is 29.3 Å². The molecule has 114 valence electrons. The molecule has 1 aliphatic carbocycles. The maximum atomic E-state index is 11.8. The van der Waals surface area contributed by atoms with Crippen molar-refractivity contribution in [1.82, 2.24) is 9.97 Å². The highest BCUT2D eigenvalue weighted by atomic mass is 35.5. The molecular weight excluding hydrogens is 292 g/mol. The molecule has 0 unspecified atom stereocenters. The lowest BCUT2D eigenvalue weighted by atomic mass is 9.97. The van der Waals surface area contributed by atoms with E-state index in [0.717, 1.165) is 25.7 Å². The number of hydrogen-bond donors (Lipinski definition) is 3. The predicted octanol–water partition coefficient (Wildman–Crippen LogP) is 1.56. The van der Waals surface area contributed by atoms with Gasteiger partial charge in [0.1, 0.15) is 0 Å². The highest BCUT2D eigenvalue weighted by molar-refractivity contribution is 6.30. The topological polar surface area (TPSA) is 133 Å². The number of hydrogen-bond acceptors (Lipinski definition) is 4. The Kier molecular flexibility index (Phi) is 4.95. The van der Waals surface area contributed by atoms with Crippen molar-refractivity contribution in [3.8, 4) is 0 Å². The number of carbonyl (C=O) groups is 1. The van der Waals surface area contributed by atoms with Crippen LogP contribution in [0.1, 0.15) is 60.6 Å². The fourth-order valence-corrected chi connectivity index (χ4v) is 2.86. The lowest BCUT2D eigenvalue weighted by Gasteiger charge is -2.15. The molecule has 0 aliphatic heterocycles. The summed E-state index contributed by atoms with van der Waals surface area (Å²) in [6, 6.07) is 0. The summed E-state index contributed by atoms with van der Waals surface area (Å²) in [5.74, 6) is -0.852. The van der Waals surface area contributed by atoms with Crippen LogP contribution in [0.15, 0.2) is 4.99 Å². The number of aromatic nitrogens is 2. The Balaban J connectivity index is 2.32. The quantitative estimate of drug-likeness (QED) is 0.431. The molecule has 0 atom stereocenters. The number of rotatable bonds is 2. The zero-order valence-corrected chi connectivity index (χ0v) is 12.4. The molecule has 1 aromatic heterocycles. The average Bonchev–Trinajstić information content (AvgIpc) is 2.69. The Labute approximate surface area is 128 Å². The van der Waals surface area contributed by atoms with E-state index in [9.17, 15) is 4.79 Å². The van der Waals surface area contributed by atoms with Crippen LogP contribution in [0.5, 0.6) is 0 Å². The van der Waals surface area contributed by atoms with Crippen LogP contribution in [0, 0.1) is 0 Å². The summed E-state index contributed by atoms with van der Waals surface area (Å²) in [7, 11) is 0. The van der Waals surface area contributed by atoms with E-state index in [0.29, 0.717) is 5.69 Å². The number of nitrogens with zero attached hydrogens (tertiary/aromatic N) is 3. The van der Waals surface area contributed by atoms with Gasteiger partial charge in [-0.1, -0.05) is 37.3 Å². The third-order valence-corrected chi connectivity index (χ3v) is 3.86. The number of amides is 1. The third kappa shape index (κ3) is 3.81. The molecular formula is C13H19ClN6O. The maximum Gasteiger partial charge on any atom is 0.302 e. The van der Waals surface area contributed by atoms with E-state index in [1.807, 2.05) is 0 Å². The first-order valence-corrected chi connectivity index (χ1v) is 7.33. The molecule has 1 heterocycles. The number of aliphatic imine (C=N–C) groups is 1. The van der Waals surface area contributed by atoms with Crippen molar-refractivity contribution in [2.24, 2.45) is 16.5 Å². The minimum absolute atomic E-state index is 0.00801. The van der Waals surface area contributed by atoms with E-state index < -0.39 is 5.91 Å². The van der Waals surface area contributed by atoms with E-state index in [-0.39, 0.29) is 28.5 Å². The van der Waals surface area contributed by atoms with E-state index in [1.165, 1.54) is 12.8 Å². The van der Waals surface area contributed by atoms with Gasteiger partial charge in [0.2, 0.25) is 0 Å². The standard InChI is InChI=1S/C13H19ClN6O/c14-10-8(7-5-3-1-2-4-6-7)19-11(15)9(18-10)12(21)20-13(16)17/h7H,1-6H2,(H2,15,19)(H4,16,17,20,21). The van der Waals surface area contributed by atoms with Crippen molar-refractivity contribution in [3.05, 3.63) is 16.5 Å². The SMILES string of the molecule is NC(N)=NC(=O)c1nc(Cl)c(C2CCCCCC2)nc1N. The molecule has 1 saturated carbocycles. The fourth-order valence-electron chi connectivity index (χ4n) is 2.58. The number of halogens is 1. The molecule has 0 radical (unpaired) electrons. The Morgan fingerprint density at radius 1 is 1.14 bits per heavy atom. The second-order valence-electron chi connectivity index (χ2n) is 5.16. The Morgan fingerprint density at radius 2 is 1.76 bits per heavy atom. The van der Waals surface area contributed by atoms with Gasteiger partial charge in [-0.15, -0.1) is 0 Å². The summed E-state index contributed by atoms with van der Waals surface area (Å²) in [5, 5.41) is 0.199. The highest BCUT2D eigenvalue weighted by Gasteiger charge is 2.23. The zero-order chi connectivity index (χ0) is 15.4. The molecule has 7 nitrogen and oxygen atoms in total. The van der Waals surface area contributed by atoms with Crippen molar-refractivity contribution in [2.45, 2.75) is 44.4 Å². The van der Waals surface area contributed by atoms with Crippen LogP contribution in [-0.4, -0.2) is 21.8 Å². The smallest absolute Gasteiger partial charge is 0.302 e. The molecule has 2 rings (SSSR count). The lowest BCUT2D eigenvalue weighted by molar-refractivity contribution is 0.0998. The van der Waals surface area contributed by atoms with Gasteiger partial charge in [-0.25, -0.2) is 9.97 Å². The zero-order valence-electron chi connectivity index (χ0n) is 11.7. The number of guanidine groups is 1. The number of nitrogens with two attached hydrogens (primary N) is 3. The van der Waals surface area contributed by atoms with Gasteiger partial charge < -0.3 is 17.2 Å². The fraction of sp³-hybridized carbons (Fsp3) is 0.538. The molecule has 0 spiro atoms. The predicted molar refractivity (Wildman–Crippen MR) is 82.0 cm³/mol. The second-order valence-corrected chi connectivity index (χ2v) is 5.52. The minimum Gasteiger partial charge on any atom is -0.382 e. The van der Waals surface area contributed by atoms with Crippen LogP contribution < -0.4 is 17.2 Å². The molecule has 1 aromatic rings. The monoisotopic (exact) mass is 310 g/mol. The van der Waals surface area contributed by atoms with Crippen LogP contribution in [0.4, 0.5) is 5.82 Å². The van der Waals surface area contributed by atoms with Crippen LogP contribution >= 0.6 is 11.6 Å². The van der Waals surface area contributed by atoms with Gasteiger partial charge in [0.25, 0.3) is 0 Å². The maximum absolute atomic E-state index is 11.8. The summed E-state index contributed by atoms with van der Waals surface area (Å²) < 4.78 is 0. The molecule has 1 fully saturated rings. The number of carbonyl (C=O) groups excluding carboxylic acids is 1. The summed E-state index contributed by atoms with van der Waals surface area (Å²) >= 11 is 6.18. The summed E-state index contributed by atoms with van der Waals surface area (Å²) in [4.78, 5) is 23.5. The van der Waals surface area contributed by atoms with Gasteiger partial charge in [0.05, 0.1) is 5.69 Å². The Bertz CT molecular complexity index is 562. The van der Waals surface area contributed by atoms with Crippen LogP contribution in [0.3, 0.4) is 0 Å². The van der Waals surface area contributed by atoms with Crippen molar-refractivity contribution in [1.29, 1.82) is 0 Å². The first-order chi connectivity index (χ1) is 9.99. The summed E-state index contributed by atoms with van der Waals surface area (Å²) in [6.45, 7) is 0. The van der Waals surface area contributed by atoms with Gasteiger partial charge in [-0.05, 0) is 12.8 Å². The summed E-state index contributed by atoms with van der Waals surface area (Å²) in [6.07, 6.45) is 6.73. The minimum atomic E-state index is -0.741. The first kappa shape index (κ1) is 15.5. The van der Waals surface area contributed by atoms with Crippen molar-refractivity contribution in [2.75, 3.05) is 5.73 Å². The van der Waals surface area contributed by atoms with E-state index >= 15 is 0 Å². The van der Waals surface area contributed by atoms with E-state index in [2.05, 4.69) is 15.0 Å². The molecule has 0 bridgehead atoms. The molecule has 6 N–H and O–H groups in total. The van der Waals surface area contributed by atoms with Gasteiger partial charge in [-0.2, -0.15) is 4.99 Å². The molecule has 1 aliphatic rings. The third-order valence-electron chi connectivity index (χ3n) is 3.58. The van der Waals surface area contributed by atoms with E-state index in [1.54, 1.807) is 0 Å². The number of nitrogen functional groups attached to an aromatic ring is 1. The Morgan fingerprint density at radius 3 is 2.33 bits per heavy atom. The van der Waals surface area contributed by atoms with Gasteiger partial charge in [0, 0.05) is 5.92 Å². The van der Waals surface area contributed by atoms with Crippen LogP contribution in [0.25, 0.3) is 0 Å². The number of anilines is 1. The molecule has 1 amide bonds. The van der Waals surface area contributed by atoms with Gasteiger partial charge in [-0.3, -0.25) is 4.79 Å². The largest absolute Gasteiger partial charge is 0.382 e. The summed E-state index contributed by atoms with van der Waals surface area (Å²) in [5.41, 5.74) is 16.7. The molecule has 8 heteroatoms. The lowest BCUT2D eigenvalue weighted by Crippen LogP contribution is -2.25. The van der Waals surface area contributed by atoms with Gasteiger partial charge in [0.15, 0.2) is 22.6 Å². The molecule has 21 heavy (non-hydrogen) atoms. The Hall–Kier alpha value is -1.89. The first-order valence-electron chi connectivity index (χ1n) is 6.96.